The predicted molar refractivity (Wildman–Crippen MR) is 97.2 cm³/mol. The second-order valence-corrected chi connectivity index (χ2v) is 9.04. The van der Waals surface area contributed by atoms with Gasteiger partial charge in [-0.05, 0) is 42.0 Å². The highest BCUT2D eigenvalue weighted by molar-refractivity contribution is 7.92. The largest absolute Gasteiger partial charge is 0.330 e. The molecule has 0 spiro atoms. The Kier molecular flexibility index (Phi) is 4.66. The maximum Gasteiger partial charge on any atom is 0.182 e. The van der Waals surface area contributed by atoms with E-state index in [0.29, 0.717) is 10.0 Å². The van der Waals surface area contributed by atoms with E-state index in [1.165, 1.54) is 12.1 Å². The van der Waals surface area contributed by atoms with E-state index in [-0.39, 0.29) is 23.9 Å². The minimum atomic E-state index is -3.59. The van der Waals surface area contributed by atoms with Gasteiger partial charge in [0.1, 0.15) is 0 Å². The van der Waals surface area contributed by atoms with Crippen molar-refractivity contribution in [1.82, 2.24) is 0 Å². The van der Waals surface area contributed by atoms with Crippen LogP contribution in [0.5, 0.6) is 0 Å². The molecule has 2 aromatic rings. The van der Waals surface area contributed by atoms with Crippen LogP contribution in [0.15, 0.2) is 53.4 Å². The van der Waals surface area contributed by atoms with Crippen LogP contribution in [0.3, 0.4) is 0 Å². The fraction of sp³-hybridized carbons (Fsp3) is 0.294. The first-order valence-corrected chi connectivity index (χ1v) is 9.82. The average molecular weight is 385 g/mol. The Hall–Kier alpha value is -1.11. The summed E-state index contributed by atoms with van der Waals surface area (Å²) in [6.07, 6.45) is 0. The van der Waals surface area contributed by atoms with Crippen molar-refractivity contribution >= 4 is 33.0 Å². The van der Waals surface area contributed by atoms with E-state index in [4.69, 9.17) is 34.7 Å². The molecule has 7 heteroatoms. The average Bonchev–Trinajstić information content (AvgIpc) is 3.26. The van der Waals surface area contributed by atoms with Crippen molar-refractivity contribution in [3.8, 4) is 0 Å². The maximum absolute atomic E-state index is 13.1. The second kappa shape index (κ2) is 6.32. The van der Waals surface area contributed by atoms with Gasteiger partial charge in [-0.2, -0.15) is 0 Å². The smallest absolute Gasteiger partial charge is 0.182 e. The standard InChI is InChI=1S/C17H18Cl2N2O2S/c18-12-4-6-14(7-5-12)24(22,23)16-15(17(16,9-20)10-21)11-2-1-3-13(19)8-11/h1-8,15-16H,9-10,20-21H2/t15-,16-/m1/s1. The molecule has 1 saturated carbocycles. The lowest BCUT2D eigenvalue weighted by Gasteiger charge is -2.13. The molecule has 4 N–H and O–H groups in total. The first kappa shape index (κ1) is 17.7. The Bertz CT molecular complexity index is 849. The summed E-state index contributed by atoms with van der Waals surface area (Å²) in [5.41, 5.74) is 12.0. The molecule has 3 rings (SSSR count). The number of halogens is 2. The van der Waals surface area contributed by atoms with Crippen LogP contribution < -0.4 is 11.5 Å². The van der Waals surface area contributed by atoms with Crippen LogP contribution in [-0.4, -0.2) is 26.8 Å². The molecule has 0 aromatic heterocycles. The molecule has 0 saturated heterocycles. The predicted octanol–water partition coefficient (Wildman–Crippen LogP) is 2.84. The zero-order valence-electron chi connectivity index (χ0n) is 12.8. The van der Waals surface area contributed by atoms with E-state index < -0.39 is 20.5 Å². The second-order valence-electron chi connectivity index (χ2n) is 6.09. The summed E-state index contributed by atoms with van der Waals surface area (Å²) in [6.45, 7) is 0.385. The Morgan fingerprint density at radius 3 is 2.12 bits per heavy atom. The third kappa shape index (κ3) is 2.74. The minimum Gasteiger partial charge on any atom is -0.330 e. The molecule has 0 amide bonds. The van der Waals surface area contributed by atoms with E-state index in [1.54, 1.807) is 30.3 Å². The van der Waals surface area contributed by atoms with Crippen molar-refractivity contribution in [3.05, 3.63) is 64.1 Å². The molecule has 4 nitrogen and oxygen atoms in total. The molecule has 0 heterocycles. The van der Waals surface area contributed by atoms with Crippen LogP contribution in [0.2, 0.25) is 10.0 Å². The van der Waals surface area contributed by atoms with Gasteiger partial charge in [0, 0.05) is 34.5 Å². The van der Waals surface area contributed by atoms with Crippen LogP contribution in [0, 0.1) is 5.41 Å². The summed E-state index contributed by atoms with van der Waals surface area (Å²) in [6, 6.07) is 13.4. The molecule has 0 aliphatic heterocycles. The summed E-state index contributed by atoms with van der Waals surface area (Å²) in [5, 5.41) is 0.379. The highest BCUT2D eigenvalue weighted by atomic mass is 35.5. The number of hydrogen-bond donors (Lipinski definition) is 2. The molecule has 1 aliphatic carbocycles. The number of rotatable bonds is 5. The van der Waals surface area contributed by atoms with Crippen molar-refractivity contribution in [2.24, 2.45) is 16.9 Å². The summed E-state index contributed by atoms with van der Waals surface area (Å²) in [7, 11) is -3.59. The van der Waals surface area contributed by atoms with Gasteiger partial charge in [-0.25, -0.2) is 8.42 Å². The first-order valence-electron chi connectivity index (χ1n) is 7.52. The summed E-state index contributed by atoms with van der Waals surface area (Å²) in [4.78, 5) is 0.229. The zero-order valence-corrected chi connectivity index (χ0v) is 15.2. The topological polar surface area (TPSA) is 86.2 Å². The third-order valence-electron chi connectivity index (χ3n) is 4.82. The first-order chi connectivity index (χ1) is 11.4. The van der Waals surface area contributed by atoms with Crippen LogP contribution in [0.4, 0.5) is 0 Å². The number of hydrogen-bond acceptors (Lipinski definition) is 4. The van der Waals surface area contributed by atoms with Crippen LogP contribution in [0.1, 0.15) is 11.5 Å². The number of benzene rings is 2. The highest BCUT2D eigenvalue weighted by Gasteiger charge is 2.69. The van der Waals surface area contributed by atoms with Gasteiger partial charge < -0.3 is 11.5 Å². The third-order valence-corrected chi connectivity index (χ3v) is 7.65. The summed E-state index contributed by atoms with van der Waals surface area (Å²) in [5.74, 6) is -0.271. The van der Waals surface area contributed by atoms with Crippen molar-refractivity contribution in [3.63, 3.8) is 0 Å². The fourth-order valence-electron chi connectivity index (χ4n) is 3.49. The Labute approximate surface area is 151 Å². The van der Waals surface area contributed by atoms with Gasteiger partial charge in [0.05, 0.1) is 10.1 Å². The minimum absolute atomic E-state index is 0.193. The normalized spacial score (nSPS) is 22.3. The zero-order chi connectivity index (χ0) is 17.5. The van der Waals surface area contributed by atoms with Gasteiger partial charge in [0.25, 0.3) is 0 Å². The van der Waals surface area contributed by atoms with E-state index in [2.05, 4.69) is 0 Å². The maximum atomic E-state index is 13.1. The Balaban J connectivity index is 2.06. The molecule has 0 unspecified atom stereocenters. The summed E-state index contributed by atoms with van der Waals surface area (Å²) < 4.78 is 26.2. The molecule has 1 fully saturated rings. The highest BCUT2D eigenvalue weighted by Crippen LogP contribution is 2.63. The van der Waals surface area contributed by atoms with Crippen LogP contribution in [0.25, 0.3) is 0 Å². The molecule has 24 heavy (non-hydrogen) atoms. The molecule has 0 radical (unpaired) electrons. The Morgan fingerprint density at radius 1 is 0.958 bits per heavy atom. The van der Waals surface area contributed by atoms with Gasteiger partial charge in [0.15, 0.2) is 9.84 Å². The van der Waals surface area contributed by atoms with E-state index in [1.807, 2.05) is 6.07 Å². The molecule has 2 aromatic carbocycles. The molecular formula is C17H18Cl2N2O2S. The van der Waals surface area contributed by atoms with Gasteiger partial charge in [-0.3, -0.25) is 0 Å². The van der Waals surface area contributed by atoms with Gasteiger partial charge in [-0.1, -0.05) is 35.3 Å². The van der Waals surface area contributed by atoms with E-state index in [0.717, 1.165) is 5.56 Å². The van der Waals surface area contributed by atoms with Gasteiger partial charge in [-0.15, -0.1) is 0 Å². The number of nitrogens with two attached hydrogens (primary N) is 2. The van der Waals surface area contributed by atoms with Gasteiger partial charge in [0.2, 0.25) is 0 Å². The SMILES string of the molecule is NCC1(CN)[C@H](c2cccc(Cl)c2)[C@H]1S(=O)(=O)c1ccc(Cl)cc1. The van der Waals surface area contributed by atoms with E-state index >= 15 is 0 Å². The van der Waals surface area contributed by atoms with Gasteiger partial charge >= 0.3 is 0 Å². The molecule has 1 aliphatic rings. The van der Waals surface area contributed by atoms with Crippen molar-refractivity contribution in [1.29, 1.82) is 0 Å². The molecule has 128 valence electrons. The van der Waals surface area contributed by atoms with Crippen molar-refractivity contribution in [2.75, 3.05) is 13.1 Å². The molecule has 0 bridgehead atoms. The van der Waals surface area contributed by atoms with E-state index in [9.17, 15) is 8.42 Å². The van der Waals surface area contributed by atoms with Crippen molar-refractivity contribution < 1.29 is 8.42 Å². The quantitative estimate of drug-likeness (QED) is 0.829. The molecular weight excluding hydrogens is 367 g/mol. The monoisotopic (exact) mass is 384 g/mol. The van der Waals surface area contributed by atoms with Crippen LogP contribution >= 0.6 is 23.2 Å². The van der Waals surface area contributed by atoms with Crippen molar-refractivity contribution in [2.45, 2.75) is 16.1 Å². The molecule has 2 atom stereocenters. The lowest BCUT2D eigenvalue weighted by Crippen LogP contribution is -2.31. The lowest BCUT2D eigenvalue weighted by atomic mass is 9.99. The summed E-state index contributed by atoms with van der Waals surface area (Å²) >= 11 is 11.9. The number of sulfone groups is 1. The van der Waals surface area contributed by atoms with Crippen LogP contribution in [-0.2, 0) is 9.84 Å². The fourth-order valence-corrected chi connectivity index (χ4v) is 6.29. The lowest BCUT2D eigenvalue weighted by molar-refractivity contribution is 0.510. The Morgan fingerprint density at radius 2 is 1.58 bits per heavy atom.